The molecule has 0 aromatic rings. The predicted octanol–water partition coefficient (Wildman–Crippen LogP) is 1.21. The van der Waals surface area contributed by atoms with E-state index in [1.165, 1.54) is 0 Å². The third-order valence-corrected chi connectivity index (χ3v) is 2.70. The van der Waals surface area contributed by atoms with Gasteiger partial charge in [-0.25, -0.2) is 0 Å². The van der Waals surface area contributed by atoms with E-state index in [1.54, 1.807) is 0 Å². The van der Waals surface area contributed by atoms with Gasteiger partial charge < -0.3 is 10.2 Å². The fraction of sp³-hybridized carbons (Fsp3) is 0.818. The maximum atomic E-state index is 8.55. The van der Waals surface area contributed by atoms with Crippen molar-refractivity contribution in [3.8, 4) is 6.07 Å². The molecule has 0 aromatic heterocycles. The summed E-state index contributed by atoms with van der Waals surface area (Å²) >= 11 is 0. The monoisotopic (exact) mass is 208 g/mol. The summed E-state index contributed by atoms with van der Waals surface area (Å²) in [5, 5.41) is 11.9. The standard InChI is InChI=1S/C11H20N4/c1-11(2,5-4-6-12)9-14-10-13-7-8-15(10)3/h4-5,7-9H2,1-3H3,(H,13,14). The number of rotatable bonds is 4. The van der Waals surface area contributed by atoms with Gasteiger partial charge in [-0.05, 0) is 11.8 Å². The molecular weight excluding hydrogens is 188 g/mol. The quantitative estimate of drug-likeness (QED) is 0.755. The summed E-state index contributed by atoms with van der Waals surface area (Å²) < 4.78 is 0. The highest BCUT2D eigenvalue weighted by Crippen LogP contribution is 2.20. The Balaban J connectivity index is 2.32. The summed E-state index contributed by atoms with van der Waals surface area (Å²) in [7, 11) is 2.04. The Morgan fingerprint density at radius 2 is 2.33 bits per heavy atom. The van der Waals surface area contributed by atoms with Crippen LogP contribution < -0.4 is 5.32 Å². The first-order valence-corrected chi connectivity index (χ1v) is 5.41. The SMILES string of the molecule is CN1CCN=C1NCC(C)(C)CCC#N. The Morgan fingerprint density at radius 3 is 2.87 bits per heavy atom. The predicted molar refractivity (Wildman–Crippen MR) is 61.6 cm³/mol. The lowest BCUT2D eigenvalue weighted by Crippen LogP contribution is -2.40. The first-order valence-electron chi connectivity index (χ1n) is 5.41. The second-order valence-electron chi connectivity index (χ2n) is 4.80. The fourth-order valence-corrected chi connectivity index (χ4v) is 1.52. The molecule has 1 aliphatic heterocycles. The molecule has 4 heteroatoms. The van der Waals surface area contributed by atoms with E-state index in [2.05, 4.69) is 35.1 Å². The second kappa shape index (κ2) is 5.01. The van der Waals surface area contributed by atoms with Gasteiger partial charge in [0.15, 0.2) is 5.96 Å². The average Bonchev–Trinajstić information content (AvgIpc) is 2.58. The molecule has 0 atom stereocenters. The first kappa shape index (κ1) is 11.8. The van der Waals surface area contributed by atoms with Crippen molar-refractivity contribution in [2.45, 2.75) is 26.7 Å². The normalized spacial score (nSPS) is 16.1. The van der Waals surface area contributed by atoms with Gasteiger partial charge in [0.1, 0.15) is 0 Å². The molecule has 1 aliphatic rings. The van der Waals surface area contributed by atoms with Gasteiger partial charge in [0.05, 0.1) is 12.6 Å². The molecular formula is C11H20N4. The molecule has 0 aromatic carbocycles. The smallest absolute Gasteiger partial charge is 0.193 e. The molecule has 1 heterocycles. The van der Waals surface area contributed by atoms with Gasteiger partial charge in [-0.1, -0.05) is 13.8 Å². The van der Waals surface area contributed by atoms with E-state index in [1.807, 2.05) is 7.05 Å². The molecule has 0 bridgehead atoms. The molecule has 4 nitrogen and oxygen atoms in total. The third kappa shape index (κ3) is 3.78. The Bertz CT molecular complexity index is 275. The Morgan fingerprint density at radius 1 is 1.60 bits per heavy atom. The average molecular weight is 208 g/mol. The molecule has 84 valence electrons. The zero-order valence-corrected chi connectivity index (χ0v) is 9.88. The van der Waals surface area contributed by atoms with Gasteiger partial charge in [0.25, 0.3) is 0 Å². The van der Waals surface area contributed by atoms with Crippen molar-refractivity contribution in [3.63, 3.8) is 0 Å². The maximum Gasteiger partial charge on any atom is 0.193 e. The van der Waals surface area contributed by atoms with Crippen LogP contribution in [0.15, 0.2) is 4.99 Å². The van der Waals surface area contributed by atoms with Gasteiger partial charge >= 0.3 is 0 Å². The lowest BCUT2D eigenvalue weighted by molar-refractivity contribution is 0.333. The van der Waals surface area contributed by atoms with Crippen LogP contribution in [-0.2, 0) is 0 Å². The van der Waals surface area contributed by atoms with Crippen molar-refractivity contribution in [3.05, 3.63) is 0 Å². The number of guanidine groups is 1. The second-order valence-corrected chi connectivity index (χ2v) is 4.80. The molecule has 0 radical (unpaired) electrons. The summed E-state index contributed by atoms with van der Waals surface area (Å²) in [6, 6.07) is 2.19. The van der Waals surface area contributed by atoms with Crippen LogP contribution in [0.4, 0.5) is 0 Å². The van der Waals surface area contributed by atoms with Crippen molar-refractivity contribution >= 4 is 5.96 Å². The van der Waals surface area contributed by atoms with Crippen LogP contribution >= 0.6 is 0 Å². The number of likely N-dealkylation sites (N-methyl/N-ethyl adjacent to an activating group) is 1. The molecule has 0 saturated heterocycles. The molecule has 1 N–H and O–H groups in total. The molecule has 0 aliphatic carbocycles. The van der Waals surface area contributed by atoms with Gasteiger partial charge in [0, 0.05) is 26.6 Å². The summed E-state index contributed by atoms with van der Waals surface area (Å²) in [5.74, 6) is 0.986. The van der Waals surface area contributed by atoms with Crippen LogP contribution in [0.2, 0.25) is 0 Å². The molecule has 0 amide bonds. The molecule has 0 fully saturated rings. The van der Waals surface area contributed by atoms with Crippen LogP contribution in [0, 0.1) is 16.7 Å². The van der Waals surface area contributed by atoms with E-state index in [9.17, 15) is 0 Å². The summed E-state index contributed by atoms with van der Waals surface area (Å²) in [5.41, 5.74) is 0.154. The zero-order chi connectivity index (χ0) is 11.3. The van der Waals surface area contributed by atoms with Crippen molar-refractivity contribution in [1.82, 2.24) is 10.2 Å². The minimum atomic E-state index is 0.154. The lowest BCUT2D eigenvalue weighted by atomic mass is 9.88. The number of aliphatic imine (C=N–C) groups is 1. The molecule has 0 saturated carbocycles. The van der Waals surface area contributed by atoms with Gasteiger partial charge in [-0.3, -0.25) is 4.99 Å². The van der Waals surface area contributed by atoms with E-state index < -0.39 is 0 Å². The van der Waals surface area contributed by atoms with Crippen molar-refractivity contribution < 1.29 is 0 Å². The van der Waals surface area contributed by atoms with E-state index in [4.69, 9.17) is 5.26 Å². The van der Waals surface area contributed by atoms with E-state index in [0.717, 1.165) is 32.0 Å². The number of nitrogens with one attached hydrogen (secondary N) is 1. The van der Waals surface area contributed by atoms with E-state index >= 15 is 0 Å². The van der Waals surface area contributed by atoms with Crippen LogP contribution in [0.3, 0.4) is 0 Å². The Labute approximate surface area is 92.0 Å². The summed E-state index contributed by atoms with van der Waals surface area (Å²) in [6.07, 6.45) is 1.55. The highest BCUT2D eigenvalue weighted by Gasteiger charge is 2.20. The van der Waals surface area contributed by atoms with Crippen LogP contribution in [-0.4, -0.2) is 37.5 Å². The maximum absolute atomic E-state index is 8.55. The Kier molecular flexibility index (Phi) is 3.96. The van der Waals surface area contributed by atoms with Gasteiger partial charge in [-0.2, -0.15) is 5.26 Å². The highest BCUT2D eigenvalue weighted by atomic mass is 15.3. The fourth-order valence-electron chi connectivity index (χ4n) is 1.52. The van der Waals surface area contributed by atoms with Crippen LogP contribution in [0.25, 0.3) is 0 Å². The first-order chi connectivity index (χ1) is 7.05. The highest BCUT2D eigenvalue weighted by molar-refractivity contribution is 5.81. The Hall–Kier alpha value is -1.24. The number of hydrogen-bond donors (Lipinski definition) is 1. The number of nitrogens with zero attached hydrogens (tertiary/aromatic N) is 3. The summed E-state index contributed by atoms with van der Waals surface area (Å²) in [4.78, 5) is 6.49. The number of hydrogen-bond acceptors (Lipinski definition) is 4. The lowest BCUT2D eigenvalue weighted by Gasteiger charge is -2.26. The van der Waals surface area contributed by atoms with Crippen LogP contribution in [0.1, 0.15) is 26.7 Å². The van der Waals surface area contributed by atoms with Gasteiger partial charge in [0.2, 0.25) is 0 Å². The third-order valence-electron chi connectivity index (χ3n) is 2.70. The van der Waals surface area contributed by atoms with Crippen molar-refractivity contribution in [2.75, 3.05) is 26.7 Å². The number of nitriles is 1. The topological polar surface area (TPSA) is 51.4 Å². The zero-order valence-electron chi connectivity index (χ0n) is 9.88. The minimum absolute atomic E-state index is 0.154. The van der Waals surface area contributed by atoms with Crippen LogP contribution in [0.5, 0.6) is 0 Å². The van der Waals surface area contributed by atoms with Gasteiger partial charge in [-0.15, -0.1) is 0 Å². The summed E-state index contributed by atoms with van der Waals surface area (Å²) in [6.45, 7) is 7.11. The van der Waals surface area contributed by atoms with Crippen molar-refractivity contribution in [1.29, 1.82) is 5.26 Å². The van der Waals surface area contributed by atoms with E-state index in [-0.39, 0.29) is 5.41 Å². The minimum Gasteiger partial charge on any atom is -0.356 e. The molecule has 0 unspecified atom stereocenters. The molecule has 15 heavy (non-hydrogen) atoms. The molecule has 1 rings (SSSR count). The van der Waals surface area contributed by atoms with E-state index in [0.29, 0.717) is 6.42 Å². The largest absolute Gasteiger partial charge is 0.356 e. The molecule has 0 spiro atoms. The van der Waals surface area contributed by atoms with Crippen molar-refractivity contribution in [2.24, 2.45) is 10.4 Å².